The molecule has 0 saturated carbocycles. The van der Waals surface area contributed by atoms with Crippen LogP contribution in [0.3, 0.4) is 0 Å². The van der Waals surface area contributed by atoms with Gasteiger partial charge >= 0.3 is 15.6 Å². The highest BCUT2D eigenvalue weighted by molar-refractivity contribution is 7.87. The molecule has 3 aromatic rings. The Balaban J connectivity index is 1.67. The summed E-state index contributed by atoms with van der Waals surface area (Å²) in [4.78, 5) is 0. The van der Waals surface area contributed by atoms with Crippen LogP contribution in [0.15, 0.2) is 91.0 Å². The lowest BCUT2D eigenvalue weighted by Gasteiger charge is -2.45. The molecule has 3 aromatic carbocycles. The zero-order valence-electron chi connectivity index (χ0n) is 24.3. The molecule has 4 rings (SSSR count). The number of ether oxygens (including phenoxy) is 5. The average molecular weight is 639 g/mol. The van der Waals surface area contributed by atoms with E-state index in [2.05, 4.69) is 0 Å². The van der Waals surface area contributed by atoms with E-state index in [0.717, 1.165) is 17.5 Å². The minimum Gasteiger partial charge on any atom is -0.374 e. The van der Waals surface area contributed by atoms with E-state index in [0.29, 0.717) is 12.0 Å². The zero-order chi connectivity index (χ0) is 31.4. The summed E-state index contributed by atoms with van der Waals surface area (Å²) in [6.45, 7) is 2.00. The van der Waals surface area contributed by atoms with Crippen LogP contribution in [-0.4, -0.2) is 57.8 Å². The van der Waals surface area contributed by atoms with Crippen molar-refractivity contribution in [1.82, 2.24) is 0 Å². The molecular formula is C32H37F3O8S. The van der Waals surface area contributed by atoms with Gasteiger partial charge in [0.1, 0.15) is 24.4 Å². The molecule has 1 aliphatic heterocycles. The first-order valence-corrected chi connectivity index (χ1v) is 15.8. The number of unbranched alkanes of at least 4 members (excludes halogenated alkanes) is 1. The first-order chi connectivity index (χ1) is 21.2. The Morgan fingerprint density at radius 3 is 1.70 bits per heavy atom. The molecule has 1 saturated heterocycles. The maximum absolute atomic E-state index is 13.6. The minimum atomic E-state index is -6.06. The van der Waals surface area contributed by atoms with Gasteiger partial charge in [-0.05, 0) is 23.1 Å². The number of halogens is 3. The van der Waals surface area contributed by atoms with Crippen molar-refractivity contribution in [3.8, 4) is 0 Å². The van der Waals surface area contributed by atoms with Crippen LogP contribution >= 0.6 is 0 Å². The molecule has 5 atom stereocenters. The van der Waals surface area contributed by atoms with Gasteiger partial charge in [0.2, 0.25) is 0 Å². The topological polar surface area (TPSA) is 89.5 Å². The Bertz CT molecular complexity index is 1340. The lowest BCUT2D eigenvalue weighted by atomic mass is 9.98. The quantitative estimate of drug-likeness (QED) is 0.105. The van der Waals surface area contributed by atoms with E-state index >= 15 is 0 Å². The van der Waals surface area contributed by atoms with Crippen LogP contribution in [0.1, 0.15) is 36.5 Å². The lowest BCUT2D eigenvalue weighted by Crippen LogP contribution is -2.62. The minimum absolute atomic E-state index is 0.0294. The predicted octanol–water partition coefficient (Wildman–Crippen LogP) is 6.15. The van der Waals surface area contributed by atoms with Crippen molar-refractivity contribution in [2.75, 3.05) is 13.2 Å². The fraction of sp³-hybridized carbons (Fsp3) is 0.438. The number of benzene rings is 3. The third kappa shape index (κ3) is 9.83. The van der Waals surface area contributed by atoms with Gasteiger partial charge in [0.25, 0.3) is 0 Å². The molecule has 0 unspecified atom stereocenters. The molecule has 1 aliphatic rings. The number of hydrogen-bond donors (Lipinski definition) is 0. The molecule has 0 amide bonds. The normalized spacial score (nSPS) is 22.6. The number of rotatable bonds is 16. The van der Waals surface area contributed by atoms with Crippen molar-refractivity contribution >= 4 is 10.1 Å². The summed E-state index contributed by atoms with van der Waals surface area (Å²) in [5, 5.41) is 0. The van der Waals surface area contributed by atoms with Crippen LogP contribution in [0, 0.1) is 0 Å². The highest BCUT2D eigenvalue weighted by Gasteiger charge is 2.55. The van der Waals surface area contributed by atoms with Gasteiger partial charge in [0, 0.05) is 6.61 Å². The van der Waals surface area contributed by atoms with Crippen molar-refractivity contribution in [3.05, 3.63) is 108 Å². The first kappa shape index (κ1) is 34.0. The molecular weight excluding hydrogens is 601 g/mol. The van der Waals surface area contributed by atoms with E-state index in [1.54, 1.807) is 24.3 Å². The smallest absolute Gasteiger partial charge is 0.374 e. The van der Waals surface area contributed by atoms with Crippen molar-refractivity contribution in [3.63, 3.8) is 0 Å². The summed E-state index contributed by atoms with van der Waals surface area (Å²) in [5.74, 6) is 0. The zero-order valence-corrected chi connectivity index (χ0v) is 25.1. The Morgan fingerprint density at radius 1 is 0.705 bits per heavy atom. The average Bonchev–Trinajstić information content (AvgIpc) is 3.01. The summed E-state index contributed by atoms with van der Waals surface area (Å²) in [6, 6.07) is 27.1. The van der Waals surface area contributed by atoms with E-state index in [-0.39, 0.29) is 33.0 Å². The van der Waals surface area contributed by atoms with Crippen molar-refractivity contribution < 1.29 is 49.5 Å². The molecule has 1 heterocycles. The van der Waals surface area contributed by atoms with Gasteiger partial charge in [0.15, 0.2) is 6.29 Å². The number of hydrogen-bond acceptors (Lipinski definition) is 8. The summed E-state index contributed by atoms with van der Waals surface area (Å²) < 4.78 is 101. The van der Waals surface area contributed by atoms with Crippen molar-refractivity contribution in [2.45, 2.75) is 75.8 Å². The number of alkyl halides is 3. The monoisotopic (exact) mass is 638 g/mol. The van der Waals surface area contributed by atoms with Crippen molar-refractivity contribution in [1.29, 1.82) is 0 Å². The van der Waals surface area contributed by atoms with E-state index in [4.69, 9.17) is 27.9 Å². The molecule has 0 aromatic heterocycles. The fourth-order valence-electron chi connectivity index (χ4n) is 4.57. The van der Waals surface area contributed by atoms with Crippen LogP contribution in [0.4, 0.5) is 13.2 Å². The molecule has 44 heavy (non-hydrogen) atoms. The summed E-state index contributed by atoms with van der Waals surface area (Å²) in [6.07, 6.45) is -5.25. The second-order valence-electron chi connectivity index (χ2n) is 10.3. The van der Waals surface area contributed by atoms with Crippen molar-refractivity contribution in [2.24, 2.45) is 0 Å². The Labute approximate surface area is 256 Å². The summed E-state index contributed by atoms with van der Waals surface area (Å²) in [7, 11) is -6.06. The fourth-order valence-corrected chi connectivity index (χ4v) is 5.21. The Hall–Kier alpha value is -2.84. The van der Waals surface area contributed by atoms with Crippen LogP contribution in [0.5, 0.6) is 0 Å². The van der Waals surface area contributed by atoms with Gasteiger partial charge in [0.05, 0.1) is 26.4 Å². The van der Waals surface area contributed by atoms with Crippen LogP contribution < -0.4 is 0 Å². The van der Waals surface area contributed by atoms with E-state index in [9.17, 15) is 21.6 Å². The highest BCUT2D eigenvalue weighted by Crippen LogP contribution is 2.35. The van der Waals surface area contributed by atoms with Crippen LogP contribution in [-0.2, 0) is 57.8 Å². The molecule has 0 bridgehead atoms. The Morgan fingerprint density at radius 2 is 1.20 bits per heavy atom. The van der Waals surface area contributed by atoms with Gasteiger partial charge < -0.3 is 23.7 Å². The largest absolute Gasteiger partial charge is 0.523 e. The third-order valence-electron chi connectivity index (χ3n) is 6.86. The second-order valence-corrected chi connectivity index (χ2v) is 11.8. The molecule has 0 aliphatic carbocycles. The maximum atomic E-state index is 13.6. The van der Waals surface area contributed by atoms with Gasteiger partial charge in [-0.25, -0.2) is 0 Å². The van der Waals surface area contributed by atoms with E-state index < -0.39 is 46.3 Å². The summed E-state index contributed by atoms with van der Waals surface area (Å²) in [5.41, 5.74) is -3.39. The molecule has 0 radical (unpaired) electrons. The molecule has 1 fully saturated rings. The molecule has 240 valence electrons. The van der Waals surface area contributed by atoms with Crippen LogP contribution in [0.2, 0.25) is 0 Å². The first-order valence-electron chi connectivity index (χ1n) is 14.4. The molecule has 0 spiro atoms. The van der Waals surface area contributed by atoms with E-state index in [1.807, 2.05) is 73.7 Å². The molecule has 0 N–H and O–H groups in total. The van der Waals surface area contributed by atoms with Crippen LogP contribution in [0.25, 0.3) is 0 Å². The standard InChI is InChI=1S/C32H37F3O8S/c1-2-3-19-39-31-30(41-22-26-17-11-6-12-18-26)29(40-21-25-15-9-5-10-16-25)28(43-44(36,37)32(33,34)35)27(42-31)23-38-20-24-13-7-4-8-14-24/h4-18,27-31H,2-3,19-23H2,1H3/t27-,28+,29+,30-,31-/m1/s1. The predicted molar refractivity (Wildman–Crippen MR) is 156 cm³/mol. The highest BCUT2D eigenvalue weighted by atomic mass is 32.2. The second kappa shape index (κ2) is 16.5. The van der Waals surface area contributed by atoms with Gasteiger partial charge in [-0.3, -0.25) is 4.18 Å². The van der Waals surface area contributed by atoms with Gasteiger partial charge in [-0.1, -0.05) is 104 Å². The lowest BCUT2D eigenvalue weighted by molar-refractivity contribution is -0.318. The Kier molecular flexibility index (Phi) is 12.7. The molecule has 8 nitrogen and oxygen atoms in total. The summed E-state index contributed by atoms with van der Waals surface area (Å²) >= 11 is 0. The van der Waals surface area contributed by atoms with Gasteiger partial charge in [-0.15, -0.1) is 0 Å². The van der Waals surface area contributed by atoms with Gasteiger partial charge in [-0.2, -0.15) is 21.6 Å². The third-order valence-corrected chi connectivity index (χ3v) is 7.90. The molecule has 12 heteroatoms. The maximum Gasteiger partial charge on any atom is 0.523 e. The SMILES string of the molecule is CCCCO[C@@H]1O[C@H](COCc2ccccc2)[C@H](OS(=O)(=O)C(F)(F)F)[C@H](OCc2ccccc2)[C@H]1OCc1ccccc1. The van der Waals surface area contributed by atoms with E-state index in [1.165, 1.54) is 0 Å².